The van der Waals surface area contributed by atoms with Crippen molar-refractivity contribution in [3.05, 3.63) is 57.3 Å². The van der Waals surface area contributed by atoms with Crippen LogP contribution in [0.4, 0.5) is 24.5 Å². The summed E-state index contributed by atoms with van der Waals surface area (Å²) in [5.41, 5.74) is -0.848. The van der Waals surface area contributed by atoms with Crippen molar-refractivity contribution in [2.75, 3.05) is 21.9 Å². The first-order valence-corrected chi connectivity index (χ1v) is 10.7. The first-order valence-electron chi connectivity index (χ1n) is 8.38. The zero-order chi connectivity index (χ0) is 21.6. The Hall–Kier alpha value is -1.97. The highest BCUT2D eigenvalue weighted by atomic mass is 35.5. The lowest BCUT2D eigenvalue weighted by molar-refractivity contribution is 0.0175. The largest absolute Gasteiger partial charge is 0.322 e. The Balaban J connectivity index is 1.97. The molecule has 1 aliphatic heterocycles. The van der Waals surface area contributed by atoms with Crippen LogP contribution in [0.25, 0.3) is 0 Å². The first kappa shape index (κ1) is 21.7. The number of benzene rings is 2. The summed E-state index contributed by atoms with van der Waals surface area (Å²) in [7, 11) is -3.61. The number of anilines is 2. The lowest BCUT2D eigenvalue weighted by atomic mass is 10.1. The van der Waals surface area contributed by atoms with Gasteiger partial charge in [-0.05, 0) is 36.8 Å². The van der Waals surface area contributed by atoms with Gasteiger partial charge in [-0.15, -0.1) is 0 Å². The van der Waals surface area contributed by atoms with Crippen LogP contribution in [0.3, 0.4) is 0 Å². The van der Waals surface area contributed by atoms with Crippen molar-refractivity contribution in [2.24, 2.45) is 0 Å². The molecule has 1 saturated heterocycles. The van der Waals surface area contributed by atoms with E-state index in [1.54, 1.807) is 0 Å². The van der Waals surface area contributed by atoms with Gasteiger partial charge in [0.05, 0.1) is 22.0 Å². The van der Waals surface area contributed by atoms with Crippen molar-refractivity contribution < 1.29 is 26.4 Å². The normalized spacial score (nSPS) is 16.1. The van der Waals surface area contributed by atoms with E-state index in [-0.39, 0.29) is 34.3 Å². The number of alkyl halides is 2. The van der Waals surface area contributed by atoms with Crippen molar-refractivity contribution in [3.63, 3.8) is 0 Å². The molecule has 0 radical (unpaired) electrons. The zero-order valence-corrected chi connectivity index (χ0v) is 17.3. The highest BCUT2D eigenvalue weighted by Gasteiger charge is 2.30. The Morgan fingerprint density at radius 3 is 2.45 bits per heavy atom. The van der Waals surface area contributed by atoms with E-state index in [0.29, 0.717) is 13.3 Å². The molecule has 1 aliphatic rings. The summed E-state index contributed by atoms with van der Waals surface area (Å²) in [5, 5.41) is 1.79. The van der Waals surface area contributed by atoms with Gasteiger partial charge in [-0.2, -0.15) is 0 Å². The first-order chi connectivity index (χ1) is 13.4. The minimum absolute atomic E-state index is 0.0338. The number of halogens is 5. The van der Waals surface area contributed by atoms with Crippen LogP contribution in [0.1, 0.15) is 29.3 Å². The fourth-order valence-corrected chi connectivity index (χ4v) is 4.91. The molecule has 156 valence electrons. The minimum atomic E-state index is -3.61. The van der Waals surface area contributed by atoms with Crippen molar-refractivity contribution in [1.29, 1.82) is 0 Å². The molecule has 11 heteroatoms. The summed E-state index contributed by atoms with van der Waals surface area (Å²) < 4.78 is 66.6. The molecule has 29 heavy (non-hydrogen) atoms. The Labute approximate surface area is 175 Å². The molecule has 0 aromatic heterocycles. The molecule has 0 unspecified atom stereocenters. The van der Waals surface area contributed by atoms with Gasteiger partial charge in [0.25, 0.3) is 11.8 Å². The van der Waals surface area contributed by atoms with Gasteiger partial charge in [0.15, 0.2) is 0 Å². The molecule has 0 aliphatic carbocycles. The predicted molar refractivity (Wildman–Crippen MR) is 106 cm³/mol. The zero-order valence-electron chi connectivity index (χ0n) is 15.0. The van der Waals surface area contributed by atoms with E-state index in [4.69, 9.17) is 23.2 Å². The summed E-state index contributed by atoms with van der Waals surface area (Å²) in [6.45, 7) is 0.824. The number of nitrogens with one attached hydrogen (secondary N) is 1. The maximum atomic E-state index is 14.3. The van der Waals surface area contributed by atoms with E-state index in [1.165, 1.54) is 6.07 Å². The molecule has 1 fully saturated rings. The van der Waals surface area contributed by atoms with Gasteiger partial charge in [-0.25, -0.2) is 21.6 Å². The second kappa shape index (κ2) is 7.70. The number of carbonyl (C=O) groups excluding carboxylic acids is 1. The SMILES string of the molecule is CC(F)(F)c1cc(Cl)cc(NC(=O)c2cc(N3CCCS3(=O)=O)cc(F)c2Cl)c1. The van der Waals surface area contributed by atoms with E-state index in [1.807, 2.05) is 0 Å². The molecular formula is C18H15Cl2F3N2O3S. The summed E-state index contributed by atoms with van der Waals surface area (Å²) in [5.74, 6) is -5.17. The van der Waals surface area contributed by atoms with Gasteiger partial charge in [0.1, 0.15) is 5.82 Å². The lowest BCUT2D eigenvalue weighted by Gasteiger charge is -2.19. The smallest absolute Gasteiger partial charge is 0.270 e. The van der Waals surface area contributed by atoms with Crippen LogP contribution in [-0.4, -0.2) is 26.6 Å². The minimum Gasteiger partial charge on any atom is -0.322 e. The number of amides is 1. The van der Waals surface area contributed by atoms with Crippen LogP contribution in [0, 0.1) is 5.82 Å². The fourth-order valence-electron chi connectivity index (χ4n) is 2.93. The average Bonchev–Trinajstić information content (AvgIpc) is 2.95. The van der Waals surface area contributed by atoms with Gasteiger partial charge >= 0.3 is 0 Å². The third-order valence-corrected chi connectivity index (χ3v) is 6.78. The molecule has 0 saturated carbocycles. The van der Waals surface area contributed by atoms with Crippen molar-refractivity contribution >= 4 is 50.5 Å². The number of carbonyl (C=O) groups is 1. The highest BCUT2D eigenvalue weighted by molar-refractivity contribution is 7.93. The van der Waals surface area contributed by atoms with Gasteiger partial charge in [0.2, 0.25) is 10.0 Å². The van der Waals surface area contributed by atoms with E-state index in [0.717, 1.165) is 28.6 Å². The van der Waals surface area contributed by atoms with E-state index in [2.05, 4.69) is 5.32 Å². The fraction of sp³-hybridized carbons (Fsp3) is 0.278. The Kier molecular flexibility index (Phi) is 5.77. The van der Waals surface area contributed by atoms with Crippen LogP contribution in [0.5, 0.6) is 0 Å². The van der Waals surface area contributed by atoms with E-state index in [9.17, 15) is 26.4 Å². The molecule has 5 nitrogen and oxygen atoms in total. The maximum Gasteiger partial charge on any atom is 0.270 e. The van der Waals surface area contributed by atoms with Crippen LogP contribution < -0.4 is 9.62 Å². The van der Waals surface area contributed by atoms with Crippen LogP contribution >= 0.6 is 23.2 Å². The molecule has 3 rings (SSSR count). The Bertz CT molecular complexity index is 1090. The molecule has 0 spiro atoms. The summed E-state index contributed by atoms with van der Waals surface area (Å²) in [4.78, 5) is 12.6. The monoisotopic (exact) mass is 466 g/mol. The second-order valence-corrected chi connectivity index (χ2v) is 9.43. The molecule has 2 aromatic rings. The maximum absolute atomic E-state index is 14.3. The molecule has 2 aromatic carbocycles. The quantitative estimate of drug-likeness (QED) is 0.686. The number of hydrogen-bond acceptors (Lipinski definition) is 3. The molecule has 1 amide bonds. The average molecular weight is 467 g/mol. The number of sulfonamides is 1. The van der Waals surface area contributed by atoms with Gasteiger partial charge in [-0.1, -0.05) is 23.2 Å². The van der Waals surface area contributed by atoms with Gasteiger partial charge < -0.3 is 5.32 Å². The van der Waals surface area contributed by atoms with Crippen molar-refractivity contribution in [3.8, 4) is 0 Å². The van der Waals surface area contributed by atoms with Crippen LogP contribution in [0.2, 0.25) is 10.0 Å². The number of hydrogen-bond donors (Lipinski definition) is 1. The third-order valence-electron chi connectivity index (χ3n) is 4.31. The van der Waals surface area contributed by atoms with Crippen LogP contribution in [0.15, 0.2) is 30.3 Å². The lowest BCUT2D eigenvalue weighted by Crippen LogP contribution is -2.26. The number of nitrogens with zero attached hydrogens (tertiary/aromatic N) is 1. The third kappa shape index (κ3) is 4.62. The summed E-state index contributed by atoms with van der Waals surface area (Å²) in [6.07, 6.45) is 0.366. The van der Waals surface area contributed by atoms with Crippen molar-refractivity contribution in [2.45, 2.75) is 19.3 Å². The van der Waals surface area contributed by atoms with Crippen molar-refractivity contribution in [1.82, 2.24) is 0 Å². The molecular weight excluding hydrogens is 452 g/mol. The molecule has 1 N–H and O–H groups in total. The second-order valence-electron chi connectivity index (χ2n) is 6.60. The summed E-state index contributed by atoms with van der Waals surface area (Å²) >= 11 is 11.7. The van der Waals surface area contributed by atoms with E-state index < -0.39 is 38.3 Å². The van der Waals surface area contributed by atoms with E-state index >= 15 is 0 Å². The van der Waals surface area contributed by atoms with Gasteiger partial charge in [-0.3, -0.25) is 9.10 Å². The molecule has 1 heterocycles. The topological polar surface area (TPSA) is 66.5 Å². The van der Waals surface area contributed by atoms with Crippen LogP contribution in [-0.2, 0) is 15.9 Å². The number of rotatable bonds is 4. The molecule has 0 atom stereocenters. The Morgan fingerprint density at radius 2 is 1.86 bits per heavy atom. The summed E-state index contributed by atoms with van der Waals surface area (Å²) in [6, 6.07) is 5.40. The predicted octanol–water partition coefficient (Wildman–Crippen LogP) is 5.04. The van der Waals surface area contributed by atoms with Gasteiger partial charge in [0, 0.05) is 29.7 Å². The standard InChI is InChI=1S/C18H15Cl2F3N2O3S/c1-18(22,23)10-5-11(19)7-12(6-10)24-17(26)14-8-13(9-15(21)16(14)20)25-3-2-4-29(25,27)28/h5-9H,2-4H2,1H3,(H,24,26). The highest BCUT2D eigenvalue weighted by Crippen LogP contribution is 2.33. The Morgan fingerprint density at radius 1 is 1.17 bits per heavy atom. The molecule has 0 bridgehead atoms.